The Hall–Kier alpha value is -3.09. The van der Waals surface area contributed by atoms with Crippen molar-refractivity contribution in [3.63, 3.8) is 0 Å². The van der Waals surface area contributed by atoms with E-state index in [0.717, 1.165) is 11.3 Å². The topological polar surface area (TPSA) is 84.7 Å². The number of amides is 1. The highest BCUT2D eigenvalue weighted by molar-refractivity contribution is 6.00. The van der Waals surface area contributed by atoms with Gasteiger partial charge in [0.05, 0.1) is 17.6 Å². The minimum atomic E-state index is -0.509. The average Bonchev–Trinajstić information content (AvgIpc) is 2.61. The van der Waals surface area contributed by atoms with E-state index in [1.807, 2.05) is 24.3 Å². The first-order valence-corrected chi connectivity index (χ1v) is 7.80. The second kappa shape index (κ2) is 8.14. The summed E-state index contributed by atoms with van der Waals surface area (Å²) in [6.07, 6.45) is 0.599. The standard InChI is InChI=1S/C18H21N3O4/c1-20(2)16-9-8-14(21(23)24)12-15(16)18(22)19-11-10-13-6-4-5-7-17(13)25-3/h4-9,12H,10-11H2,1-3H3,(H,19,22). The lowest BCUT2D eigenvalue weighted by Crippen LogP contribution is -2.27. The number of nitro groups is 1. The van der Waals surface area contributed by atoms with E-state index < -0.39 is 4.92 Å². The molecule has 25 heavy (non-hydrogen) atoms. The number of ether oxygens (including phenoxy) is 1. The predicted molar refractivity (Wildman–Crippen MR) is 96.5 cm³/mol. The number of rotatable bonds is 7. The number of non-ortho nitro benzene ring substituents is 1. The third-order valence-electron chi connectivity index (χ3n) is 3.79. The van der Waals surface area contributed by atoms with Gasteiger partial charge in [-0.25, -0.2) is 0 Å². The Morgan fingerprint density at radius 3 is 2.60 bits per heavy atom. The molecule has 0 bridgehead atoms. The third kappa shape index (κ3) is 4.47. The monoisotopic (exact) mass is 343 g/mol. The second-order valence-corrected chi connectivity index (χ2v) is 5.67. The van der Waals surface area contributed by atoms with Gasteiger partial charge >= 0.3 is 0 Å². The first-order valence-electron chi connectivity index (χ1n) is 7.80. The first kappa shape index (κ1) is 18.3. The highest BCUT2D eigenvalue weighted by Gasteiger charge is 2.17. The Morgan fingerprint density at radius 1 is 1.24 bits per heavy atom. The van der Waals surface area contributed by atoms with Crippen molar-refractivity contribution in [3.05, 3.63) is 63.7 Å². The molecule has 1 amide bonds. The van der Waals surface area contributed by atoms with Gasteiger partial charge in [0.1, 0.15) is 5.75 Å². The summed E-state index contributed by atoms with van der Waals surface area (Å²) in [7, 11) is 5.17. The fourth-order valence-corrected chi connectivity index (χ4v) is 2.52. The van der Waals surface area contributed by atoms with Gasteiger partial charge in [-0.2, -0.15) is 0 Å². The van der Waals surface area contributed by atoms with E-state index in [0.29, 0.717) is 18.7 Å². The van der Waals surface area contributed by atoms with Gasteiger partial charge < -0.3 is 15.0 Å². The van der Waals surface area contributed by atoms with Gasteiger partial charge in [-0.3, -0.25) is 14.9 Å². The molecule has 1 N–H and O–H groups in total. The second-order valence-electron chi connectivity index (χ2n) is 5.67. The van der Waals surface area contributed by atoms with Gasteiger partial charge in [0, 0.05) is 38.5 Å². The molecule has 0 radical (unpaired) electrons. The van der Waals surface area contributed by atoms with Crippen LogP contribution in [0.15, 0.2) is 42.5 Å². The lowest BCUT2D eigenvalue weighted by Gasteiger charge is -2.17. The molecule has 0 unspecified atom stereocenters. The Kier molecular flexibility index (Phi) is 5.94. The number of para-hydroxylation sites is 1. The smallest absolute Gasteiger partial charge is 0.270 e. The number of anilines is 1. The van der Waals surface area contributed by atoms with Crippen LogP contribution < -0.4 is 15.0 Å². The van der Waals surface area contributed by atoms with Crippen LogP contribution in [0.25, 0.3) is 0 Å². The van der Waals surface area contributed by atoms with Crippen LogP contribution in [-0.4, -0.2) is 38.6 Å². The minimum Gasteiger partial charge on any atom is -0.496 e. The first-order chi connectivity index (χ1) is 11.9. The molecule has 0 saturated heterocycles. The molecule has 0 fully saturated rings. The molecule has 0 aliphatic rings. The number of nitro benzene ring substituents is 1. The zero-order valence-electron chi connectivity index (χ0n) is 14.5. The van der Waals surface area contributed by atoms with Crippen LogP contribution in [0, 0.1) is 10.1 Å². The van der Waals surface area contributed by atoms with Crippen LogP contribution >= 0.6 is 0 Å². The van der Waals surface area contributed by atoms with Crippen LogP contribution in [0.4, 0.5) is 11.4 Å². The van der Waals surface area contributed by atoms with Gasteiger partial charge in [-0.15, -0.1) is 0 Å². The molecule has 0 saturated carbocycles. The number of nitrogens with zero attached hydrogens (tertiary/aromatic N) is 2. The van der Waals surface area contributed by atoms with Crippen LogP contribution in [0.5, 0.6) is 5.75 Å². The van der Waals surface area contributed by atoms with Gasteiger partial charge in [0.25, 0.3) is 11.6 Å². The fourth-order valence-electron chi connectivity index (χ4n) is 2.52. The van der Waals surface area contributed by atoms with Crippen molar-refractivity contribution in [2.75, 3.05) is 32.6 Å². The van der Waals surface area contributed by atoms with E-state index in [2.05, 4.69) is 5.32 Å². The van der Waals surface area contributed by atoms with E-state index in [1.54, 1.807) is 32.2 Å². The van der Waals surface area contributed by atoms with Crippen molar-refractivity contribution in [1.29, 1.82) is 0 Å². The molecular weight excluding hydrogens is 322 g/mol. The average molecular weight is 343 g/mol. The van der Waals surface area contributed by atoms with E-state index in [1.165, 1.54) is 12.1 Å². The van der Waals surface area contributed by atoms with Crippen molar-refractivity contribution in [2.45, 2.75) is 6.42 Å². The Balaban J connectivity index is 2.12. The molecular formula is C18H21N3O4. The number of nitrogens with one attached hydrogen (secondary N) is 1. The number of carbonyl (C=O) groups excluding carboxylic acids is 1. The lowest BCUT2D eigenvalue weighted by atomic mass is 10.1. The molecule has 0 aromatic heterocycles. The SMILES string of the molecule is COc1ccccc1CCNC(=O)c1cc([N+](=O)[O-])ccc1N(C)C. The van der Waals surface area contributed by atoms with Crippen LogP contribution in [0.2, 0.25) is 0 Å². The molecule has 7 heteroatoms. The number of hydrogen-bond acceptors (Lipinski definition) is 5. The number of benzene rings is 2. The van der Waals surface area contributed by atoms with Crippen LogP contribution in [0.1, 0.15) is 15.9 Å². The Morgan fingerprint density at radius 2 is 1.96 bits per heavy atom. The largest absolute Gasteiger partial charge is 0.496 e. The zero-order valence-corrected chi connectivity index (χ0v) is 14.5. The molecule has 0 heterocycles. The summed E-state index contributed by atoms with van der Waals surface area (Å²) in [5, 5.41) is 13.8. The maximum Gasteiger partial charge on any atom is 0.270 e. The minimum absolute atomic E-state index is 0.111. The Labute approximate surface area is 146 Å². The maximum atomic E-state index is 12.5. The quantitative estimate of drug-likeness (QED) is 0.617. The van der Waals surface area contributed by atoms with E-state index in [4.69, 9.17) is 4.74 Å². The van der Waals surface area contributed by atoms with Crippen molar-refractivity contribution < 1.29 is 14.5 Å². The summed E-state index contributed by atoms with van der Waals surface area (Å²) in [6, 6.07) is 11.9. The summed E-state index contributed by atoms with van der Waals surface area (Å²) >= 11 is 0. The highest BCUT2D eigenvalue weighted by atomic mass is 16.6. The van der Waals surface area contributed by atoms with E-state index >= 15 is 0 Å². The summed E-state index contributed by atoms with van der Waals surface area (Å²) < 4.78 is 5.29. The van der Waals surface area contributed by atoms with E-state index in [9.17, 15) is 14.9 Å². The van der Waals surface area contributed by atoms with Crippen LogP contribution in [-0.2, 0) is 6.42 Å². The number of hydrogen-bond donors (Lipinski definition) is 1. The number of carbonyl (C=O) groups is 1. The fraction of sp³-hybridized carbons (Fsp3) is 0.278. The summed E-state index contributed by atoms with van der Waals surface area (Å²) in [5.41, 5.74) is 1.78. The van der Waals surface area contributed by atoms with Crippen molar-refractivity contribution in [2.24, 2.45) is 0 Å². The molecule has 132 valence electrons. The van der Waals surface area contributed by atoms with Crippen LogP contribution in [0.3, 0.4) is 0 Å². The summed E-state index contributed by atoms with van der Waals surface area (Å²) in [4.78, 5) is 24.7. The molecule has 7 nitrogen and oxygen atoms in total. The third-order valence-corrected chi connectivity index (χ3v) is 3.79. The molecule has 2 rings (SSSR count). The molecule has 0 aliphatic heterocycles. The van der Waals surface area contributed by atoms with Gasteiger partial charge in [-0.1, -0.05) is 18.2 Å². The zero-order chi connectivity index (χ0) is 18.4. The van der Waals surface area contributed by atoms with Crippen molar-refractivity contribution >= 4 is 17.3 Å². The number of methoxy groups -OCH3 is 1. The Bertz CT molecular complexity index is 775. The highest BCUT2D eigenvalue weighted by Crippen LogP contribution is 2.24. The normalized spacial score (nSPS) is 10.2. The van der Waals surface area contributed by atoms with Crippen molar-refractivity contribution in [3.8, 4) is 5.75 Å². The maximum absolute atomic E-state index is 12.5. The molecule has 0 aliphatic carbocycles. The molecule has 2 aromatic rings. The van der Waals surface area contributed by atoms with Gasteiger partial charge in [-0.05, 0) is 24.1 Å². The molecule has 2 aromatic carbocycles. The van der Waals surface area contributed by atoms with Gasteiger partial charge in [0.2, 0.25) is 0 Å². The summed E-state index contributed by atoms with van der Waals surface area (Å²) in [6.45, 7) is 0.398. The van der Waals surface area contributed by atoms with Crippen molar-refractivity contribution in [1.82, 2.24) is 5.32 Å². The predicted octanol–water partition coefficient (Wildman–Crippen LogP) is 2.64. The van der Waals surface area contributed by atoms with Gasteiger partial charge in [0.15, 0.2) is 0 Å². The molecule has 0 spiro atoms. The lowest BCUT2D eigenvalue weighted by molar-refractivity contribution is -0.384. The summed E-state index contributed by atoms with van der Waals surface area (Å²) in [5.74, 6) is 0.420. The van der Waals surface area contributed by atoms with E-state index in [-0.39, 0.29) is 17.2 Å². The molecule has 0 atom stereocenters.